The van der Waals surface area contributed by atoms with Gasteiger partial charge in [0.05, 0.1) is 15.6 Å². The number of fused-ring (bicyclic) bond motifs is 1. The molecule has 1 amide bonds. The highest BCUT2D eigenvalue weighted by Gasteiger charge is 2.62. The van der Waals surface area contributed by atoms with Crippen molar-refractivity contribution in [3.05, 3.63) is 24.3 Å². The first kappa shape index (κ1) is 14.9. The minimum atomic E-state index is -0.166. The van der Waals surface area contributed by atoms with Crippen molar-refractivity contribution < 1.29 is 4.79 Å². The smallest absolute Gasteiger partial charge is 0.232 e. The Balaban J connectivity index is 1.46. The highest BCUT2D eigenvalue weighted by atomic mass is 32.1. The van der Waals surface area contributed by atoms with Crippen molar-refractivity contribution in [1.29, 1.82) is 0 Å². The second kappa shape index (κ2) is 4.60. The van der Waals surface area contributed by atoms with Gasteiger partial charge in [0.2, 0.25) is 5.91 Å². The van der Waals surface area contributed by atoms with Gasteiger partial charge in [0.1, 0.15) is 0 Å². The summed E-state index contributed by atoms with van der Waals surface area (Å²) in [5.41, 5.74) is 1.53. The van der Waals surface area contributed by atoms with Gasteiger partial charge in [-0.3, -0.25) is 4.79 Å². The summed E-state index contributed by atoms with van der Waals surface area (Å²) in [6.45, 7) is 4.82. The molecule has 2 atom stereocenters. The van der Waals surface area contributed by atoms with Crippen LogP contribution in [-0.2, 0) is 4.79 Å². The number of thiazole rings is 1. The Hall–Kier alpha value is -1.42. The lowest BCUT2D eigenvalue weighted by Crippen LogP contribution is -2.58. The predicted octanol–water partition coefficient (Wildman–Crippen LogP) is 5.23. The van der Waals surface area contributed by atoms with Crippen molar-refractivity contribution in [1.82, 2.24) is 4.98 Å². The van der Waals surface area contributed by atoms with E-state index in [9.17, 15) is 4.79 Å². The van der Waals surface area contributed by atoms with Crippen LogP contribution < -0.4 is 5.32 Å². The van der Waals surface area contributed by atoms with Crippen LogP contribution in [0.3, 0.4) is 0 Å². The third-order valence-electron chi connectivity index (χ3n) is 6.62. The number of carbonyl (C=O) groups excluding carboxylic acids is 1. The molecule has 1 N–H and O–H groups in total. The number of hydrogen-bond donors (Lipinski definition) is 1. The van der Waals surface area contributed by atoms with Crippen LogP contribution in [0.15, 0.2) is 24.3 Å². The molecule has 1 heterocycles. The Morgan fingerprint density at radius 2 is 1.83 bits per heavy atom. The van der Waals surface area contributed by atoms with E-state index in [1.54, 1.807) is 11.3 Å². The van der Waals surface area contributed by atoms with E-state index in [0.717, 1.165) is 40.5 Å². The van der Waals surface area contributed by atoms with E-state index in [4.69, 9.17) is 0 Å². The van der Waals surface area contributed by atoms with Crippen molar-refractivity contribution in [3.8, 4) is 0 Å². The molecule has 6 rings (SSSR count). The molecule has 3 nitrogen and oxygen atoms in total. The highest BCUT2D eigenvalue weighted by molar-refractivity contribution is 7.22. The lowest BCUT2D eigenvalue weighted by Gasteiger charge is -2.64. The Bertz CT molecular complexity index is 790. The molecule has 126 valence electrons. The SMILES string of the molecule is CC12CC3CC(C)(C1)CC(C(=O)Nc1nc4ccccc4s1)(C3)C2. The average Bonchev–Trinajstić information content (AvgIpc) is 2.85. The van der Waals surface area contributed by atoms with Crippen LogP contribution >= 0.6 is 11.3 Å². The van der Waals surface area contributed by atoms with E-state index in [2.05, 4.69) is 30.2 Å². The maximum Gasteiger partial charge on any atom is 0.232 e. The Morgan fingerprint density at radius 1 is 1.12 bits per heavy atom. The Labute approximate surface area is 146 Å². The van der Waals surface area contributed by atoms with Gasteiger partial charge < -0.3 is 5.32 Å². The third kappa shape index (κ3) is 2.15. The number of hydrogen-bond acceptors (Lipinski definition) is 3. The predicted molar refractivity (Wildman–Crippen MR) is 98.1 cm³/mol. The summed E-state index contributed by atoms with van der Waals surface area (Å²) in [4.78, 5) is 17.9. The molecule has 0 spiro atoms. The average molecular weight is 340 g/mol. The van der Waals surface area contributed by atoms with Gasteiger partial charge in [-0.25, -0.2) is 4.98 Å². The van der Waals surface area contributed by atoms with Crippen LogP contribution in [0.1, 0.15) is 52.4 Å². The maximum atomic E-state index is 13.3. The molecule has 0 saturated heterocycles. The van der Waals surface area contributed by atoms with Gasteiger partial charge in [-0.05, 0) is 67.4 Å². The van der Waals surface area contributed by atoms with Gasteiger partial charge in [-0.15, -0.1) is 0 Å². The van der Waals surface area contributed by atoms with Crippen molar-refractivity contribution >= 4 is 32.6 Å². The Morgan fingerprint density at radius 3 is 2.50 bits per heavy atom. The molecule has 2 aromatic rings. The molecule has 4 bridgehead atoms. The monoisotopic (exact) mass is 340 g/mol. The summed E-state index contributed by atoms with van der Waals surface area (Å²) in [6.07, 6.45) is 7.13. The molecule has 24 heavy (non-hydrogen) atoms. The second-order valence-electron chi connectivity index (χ2n) is 9.35. The van der Waals surface area contributed by atoms with Crippen LogP contribution in [0.25, 0.3) is 10.2 Å². The van der Waals surface area contributed by atoms with Crippen LogP contribution in [-0.4, -0.2) is 10.9 Å². The number of anilines is 1. The fraction of sp³-hybridized carbons (Fsp3) is 0.600. The largest absolute Gasteiger partial charge is 0.301 e. The van der Waals surface area contributed by atoms with Gasteiger partial charge >= 0.3 is 0 Å². The minimum Gasteiger partial charge on any atom is -0.301 e. The molecule has 0 radical (unpaired) electrons. The summed E-state index contributed by atoms with van der Waals surface area (Å²) in [6, 6.07) is 8.09. The first-order chi connectivity index (χ1) is 11.4. The minimum absolute atomic E-state index is 0.166. The van der Waals surface area contributed by atoms with Crippen LogP contribution in [0, 0.1) is 22.2 Å². The summed E-state index contributed by atoms with van der Waals surface area (Å²) in [5, 5.41) is 3.95. The summed E-state index contributed by atoms with van der Waals surface area (Å²) < 4.78 is 1.14. The molecule has 1 aromatic carbocycles. The molecule has 4 aliphatic carbocycles. The summed E-state index contributed by atoms with van der Waals surface area (Å²) >= 11 is 1.58. The van der Waals surface area contributed by atoms with E-state index in [-0.39, 0.29) is 11.3 Å². The number of nitrogens with zero attached hydrogens (tertiary/aromatic N) is 1. The molecule has 4 fully saturated rings. The number of nitrogens with one attached hydrogen (secondary N) is 1. The maximum absolute atomic E-state index is 13.3. The van der Waals surface area contributed by atoms with Crippen LogP contribution in [0.5, 0.6) is 0 Å². The lowest BCUT2D eigenvalue weighted by atomic mass is 9.40. The van der Waals surface area contributed by atoms with Gasteiger partial charge in [0, 0.05) is 0 Å². The summed E-state index contributed by atoms with van der Waals surface area (Å²) in [5.74, 6) is 0.959. The fourth-order valence-electron chi connectivity index (χ4n) is 6.86. The van der Waals surface area contributed by atoms with E-state index < -0.39 is 0 Å². The number of para-hydroxylation sites is 1. The van der Waals surface area contributed by atoms with Crippen molar-refractivity contribution in [2.75, 3.05) is 5.32 Å². The molecule has 1 aromatic heterocycles. The first-order valence-corrected chi connectivity index (χ1v) is 9.86. The first-order valence-electron chi connectivity index (χ1n) is 9.04. The van der Waals surface area contributed by atoms with Crippen molar-refractivity contribution in [2.24, 2.45) is 22.2 Å². The number of amides is 1. The van der Waals surface area contributed by atoms with Crippen LogP contribution in [0.2, 0.25) is 0 Å². The van der Waals surface area contributed by atoms with Crippen molar-refractivity contribution in [3.63, 3.8) is 0 Å². The molecular formula is C20H24N2OS. The van der Waals surface area contributed by atoms with Gasteiger partial charge in [-0.1, -0.05) is 37.3 Å². The van der Waals surface area contributed by atoms with Crippen molar-refractivity contribution in [2.45, 2.75) is 52.4 Å². The molecule has 4 aliphatic rings. The zero-order chi connectivity index (χ0) is 16.6. The van der Waals surface area contributed by atoms with E-state index in [1.165, 1.54) is 19.3 Å². The fourth-order valence-corrected chi connectivity index (χ4v) is 7.72. The van der Waals surface area contributed by atoms with Gasteiger partial charge in [0.25, 0.3) is 0 Å². The number of carbonyl (C=O) groups is 1. The zero-order valence-corrected chi connectivity index (χ0v) is 15.2. The normalized spacial score (nSPS) is 40.2. The molecule has 2 unspecified atom stereocenters. The standard InChI is InChI=1S/C20H24N2OS/c1-18-7-13-8-19(2,10-18)12-20(9-13,11-18)16(23)22-17-21-14-5-3-4-6-15(14)24-17/h3-6,13H,7-12H2,1-2H3,(H,21,22,23). The van der Waals surface area contributed by atoms with E-state index in [1.807, 2.05) is 18.2 Å². The number of rotatable bonds is 2. The number of benzene rings is 1. The number of aromatic nitrogens is 1. The lowest BCUT2D eigenvalue weighted by molar-refractivity contribution is -0.165. The van der Waals surface area contributed by atoms with Crippen LogP contribution in [0.4, 0.5) is 5.13 Å². The molecule has 4 saturated carbocycles. The molecule has 0 aliphatic heterocycles. The van der Waals surface area contributed by atoms with Gasteiger partial charge in [0.15, 0.2) is 5.13 Å². The third-order valence-corrected chi connectivity index (χ3v) is 7.57. The van der Waals surface area contributed by atoms with E-state index >= 15 is 0 Å². The van der Waals surface area contributed by atoms with Gasteiger partial charge in [-0.2, -0.15) is 0 Å². The summed E-state index contributed by atoms with van der Waals surface area (Å²) in [7, 11) is 0. The van der Waals surface area contributed by atoms with E-state index in [0.29, 0.717) is 10.8 Å². The Kier molecular flexibility index (Phi) is 2.85. The molecule has 4 heteroatoms. The quantitative estimate of drug-likeness (QED) is 0.813. The molecular weight excluding hydrogens is 316 g/mol. The second-order valence-corrected chi connectivity index (χ2v) is 10.4. The zero-order valence-electron chi connectivity index (χ0n) is 14.4. The highest BCUT2D eigenvalue weighted by Crippen LogP contribution is 2.69. The topological polar surface area (TPSA) is 42.0 Å².